The van der Waals surface area contributed by atoms with Crippen molar-refractivity contribution in [2.45, 2.75) is 40.5 Å². The lowest BCUT2D eigenvalue weighted by Crippen LogP contribution is -2.14. The molecule has 1 atom stereocenters. The summed E-state index contributed by atoms with van der Waals surface area (Å²) in [7, 11) is 0. The van der Waals surface area contributed by atoms with Gasteiger partial charge < -0.3 is 4.74 Å². The van der Waals surface area contributed by atoms with Gasteiger partial charge in [0.05, 0.1) is 6.26 Å². The van der Waals surface area contributed by atoms with Crippen molar-refractivity contribution < 1.29 is 9.53 Å². The molecule has 0 aliphatic heterocycles. The summed E-state index contributed by atoms with van der Waals surface area (Å²) in [6, 6.07) is 0. The first-order valence-electron chi connectivity index (χ1n) is 4.65. The summed E-state index contributed by atoms with van der Waals surface area (Å²) in [6.07, 6.45) is 2.69. The predicted molar refractivity (Wildman–Crippen MR) is 54.1 cm³/mol. The lowest BCUT2D eigenvalue weighted by atomic mass is 9.84. The van der Waals surface area contributed by atoms with Gasteiger partial charge in [0.2, 0.25) is 0 Å². The van der Waals surface area contributed by atoms with Crippen LogP contribution in [0.25, 0.3) is 0 Å². The van der Waals surface area contributed by atoms with E-state index in [4.69, 9.17) is 0 Å². The Morgan fingerprint density at radius 2 is 2.08 bits per heavy atom. The van der Waals surface area contributed by atoms with Gasteiger partial charge in [0.15, 0.2) is 0 Å². The summed E-state index contributed by atoms with van der Waals surface area (Å²) in [5, 5.41) is 0. The van der Waals surface area contributed by atoms with Crippen LogP contribution in [-0.2, 0) is 9.53 Å². The molecule has 0 bridgehead atoms. The van der Waals surface area contributed by atoms with Crippen LogP contribution in [0.2, 0.25) is 0 Å². The predicted octanol–water partition coefficient (Wildman–Crippen LogP) is 3.14. The van der Waals surface area contributed by atoms with E-state index in [1.165, 1.54) is 6.26 Å². The Morgan fingerprint density at radius 3 is 2.46 bits per heavy atom. The molecule has 0 heterocycles. The van der Waals surface area contributed by atoms with Crippen LogP contribution >= 0.6 is 0 Å². The van der Waals surface area contributed by atoms with E-state index in [1.54, 1.807) is 0 Å². The zero-order valence-corrected chi connectivity index (χ0v) is 9.09. The van der Waals surface area contributed by atoms with Crippen LogP contribution in [0.3, 0.4) is 0 Å². The van der Waals surface area contributed by atoms with Gasteiger partial charge in [-0.1, -0.05) is 34.3 Å². The monoisotopic (exact) mass is 184 g/mol. The fourth-order valence-electron chi connectivity index (χ4n) is 1.54. The molecule has 0 saturated carbocycles. The van der Waals surface area contributed by atoms with Crippen molar-refractivity contribution >= 4 is 5.97 Å². The van der Waals surface area contributed by atoms with Crippen LogP contribution in [0.4, 0.5) is 0 Å². The van der Waals surface area contributed by atoms with E-state index in [1.807, 2.05) is 0 Å². The first-order valence-corrected chi connectivity index (χ1v) is 4.65. The minimum Gasteiger partial charge on any atom is -0.435 e. The molecule has 0 aromatic rings. The summed E-state index contributed by atoms with van der Waals surface area (Å²) in [5.41, 5.74) is 0.272. The number of hydrogen-bond acceptors (Lipinski definition) is 2. The molecule has 0 N–H and O–H groups in total. The first kappa shape index (κ1) is 12.2. The van der Waals surface area contributed by atoms with E-state index in [0.29, 0.717) is 12.3 Å². The maximum absolute atomic E-state index is 11.0. The van der Waals surface area contributed by atoms with E-state index in [2.05, 4.69) is 39.0 Å². The molecule has 0 aromatic heterocycles. The lowest BCUT2D eigenvalue weighted by molar-refractivity contribution is -0.139. The van der Waals surface area contributed by atoms with Gasteiger partial charge in [-0.05, 0) is 17.8 Å². The maximum atomic E-state index is 11.0. The highest BCUT2D eigenvalue weighted by Gasteiger charge is 2.17. The number of carbonyl (C=O) groups excluding carboxylic acids is 1. The molecule has 13 heavy (non-hydrogen) atoms. The molecule has 0 rings (SSSR count). The van der Waals surface area contributed by atoms with Gasteiger partial charge in [-0.25, -0.2) is 0 Å². The minimum atomic E-state index is -0.188. The summed E-state index contributed by atoms with van der Waals surface area (Å²) < 4.78 is 4.65. The third kappa shape index (κ3) is 7.57. The molecule has 1 unspecified atom stereocenters. The minimum absolute atomic E-state index is 0.188. The second-order valence-electron chi connectivity index (χ2n) is 4.73. The van der Waals surface area contributed by atoms with Crippen molar-refractivity contribution in [3.8, 4) is 0 Å². The Labute approximate surface area is 81.0 Å². The van der Waals surface area contributed by atoms with Crippen LogP contribution in [-0.4, -0.2) is 5.97 Å². The normalized spacial score (nSPS) is 13.5. The van der Waals surface area contributed by atoms with Gasteiger partial charge in [0.25, 0.3) is 0 Å². The number of hydrogen-bond donors (Lipinski definition) is 0. The average Bonchev–Trinajstić information content (AvgIpc) is 1.81. The zero-order valence-electron chi connectivity index (χ0n) is 9.09. The molecule has 2 heteroatoms. The highest BCUT2D eigenvalue weighted by Crippen LogP contribution is 2.25. The van der Waals surface area contributed by atoms with Gasteiger partial charge in [-0.2, -0.15) is 0 Å². The maximum Gasteiger partial charge on any atom is 0.310 e. The molecule has 0 saturated heterocycles. The van der Waals surface area contributed by atoms with Crippen molar-refractivity contribution in [1.29, 1.82) is 0 Å². The lowest BCUT2D eigenvalue weighted by Gasteiger charge is -2.22. The van der Waals surface area contributed by atoms with Crippen molar-refractivity contribution in [3.05, 3.63) is 12.8 Å². The fourth-order valence-corrected chi connectivity index (χ4v) is 1.54. The molecule has 0 aliphatic rings. The molecule has 0 spiro atoms. The second-order valence-corrected chi connectivity index (χ2v) is 4.73. The summed E-state index contributed by atoms with van der Waals surface area (Å²) in [6.45, 7) is 11.9. The Kier molecular flexibility index (Phi) is 4.74. The Hall–Kier alpha value is -0.790. The SMILES string of the molecule is C=COC(=O)CC(C)CC(C)(C)C. The molecule has 0 amide bonds. The topological polar surface area (TPSA) is 26.3 Å². The van der Waals surface area contributed by atoms with Gasteiger partial charge in [-0.15, -0.1) is 0 Å². The molecule has 0 radical (unpaired) electrons. The summed E-state index contributed by atoms with van der Waals surface area (Å²) >= 11 is 0. The quantitative estimate of drug-likeness (QED) is 0.495. The number of ether oxygens (including phenoxy) is 1. The van der Waals surface area contributed by atoms with Gasteiger partial charge in [0.1, 0.15) is 0 Å². The van der Waals surface area contributed by atoms with E-state index in [9.17, 15) is 4.79 Å². The van der Waals surface area contributed by atoms with E-state index >= 15 is 0 Å². The Morgan fingerprint density at radius 1 is 1.54 bits per heavy atom. The van der Waals surface area contributed by atoms with Crippen LogP contribution < -0.4 is 0 Å². The third-order valence-corrected chi connectivity index (χ3v) is 1.69. The highest BCUT2D eigenvalue weighted by atomic mass is 16.5. The van der Waals surface area contributed by atoms with Crippen LogP contribution in [0.1, 0.15) is 40.5 Å². The Bertz CT molecular complexity index is 177. The molecule has 2 nitrogen and oxygen atoms in total. The summed E-state index contributed by atoms with van der Waals surface area (Å²) in [4.78, 5) is 11.0. The van der Waals surface area contributed by atoms with Crippen LogP contribution in [0.5, 0.6) is 0 Å². The molecular weight excluding hydrogens is 164 g/mol. The fraction of sp³-hybridized carbons (Fsp3) is 0.727. The highest BCUT2D eigenvalue weighted by molar-refractivity contribution is 5.70. The number of carbonyl (C=O) groups is 1. The molecular formula is C11H20O2. The zero-order chi connectivity index (χ0) is 10.5. The van der Waals surface area contributed by atoms with Gasteiger partial charge in [-0.3, -0.25) is 4.79 Å². The van der Waals surface area contributed by atoms with Crippen LogP contribution in [0, 0.1) is 11.3 Å². The van der Waals surface area contributed by atoms with Crippen molar-refractivity contribution in [3.63, 3.8) is 0 Å². The van der Waals surface area contributed by atoms with E-state index in [0.717, 1.165) is 6.42 Å². The van der Waals surface area contributed by atoms with Gasteiger partial charge in [0, 0.05) is 6.42 Å². The summed E-state index contributed by atoms with van der Waals surface area (Å²) in [5.74, 6) is 0.180. The first-order chi connectivity index (χ1) is 5.85. The smallest absolute Gasteiger partial charge is 0.310 e. The van der Waals surface area contributed by atoms with E-state index < -0.39 is 0 Å². The molecule has 76 valence electrons. The number of rotatable bonds is 4. The van der Waals surface area contributed by atoms with Crippen molar-refractivity contribution in [2.75, 3.05) is 0 Å². The standard InChI is InChI=1S/C11H20O2/c1-6-13-10(12)7-9(2)8-11(3,4)5/h6,9H,1,7-8H2,2-5H3. The molecule has 0 aliphatic carbocycles. The third-order valence-electron chi connectivity index (χ3n) is 1.69. The largest absolute Gasteiger partial charge is 0.435 e. The molecule has 0 fully saturated rings. The van der Waals surface area contributed by atoms with Crippen molar-refractivity contribution in [1.82, 2.24) is 0 Å². The molecule has 0 aromatic carbocycles. The number of esters is 1. The average molecular weight is 184 g/mol. The van der Waals surface area contributed by atoms with E-state index in [-0.39, 0.29) is 11.4 Å². The van der Waals surface area contributed by atoms with Crippen molar-refractivity contribution in [2.24, 2.45) is 11.3 Å². The Balaban J connectivity index is 3.80. The van der Waals surface area contributed by atoms with Crippen LogP contribution in [0.15, 0.2) is 12.8 Å². The van der Waals surface area contributed by atoms with Gasteiger partial charge >= 0.3 is 5.97 Å². The second kappa shape index (κ2) is 5.05.